The molecule has 2 aromatic rings. The van der Waals surface area contributed by atoms with E-state index in [1.807, 2.05) is 0 Å². The van der Waals surface area contributed by atoms with Gasteiger partial charge in [0.25, 0.3) is 5.69 Å². The molecule has 0 amide bonds. The SMILES string of the molecule is O=C(O)c1ccc(-c2cc(F)cc(F)c2)c([N+](=O)[O-])c1. The van der Waals surface area contributed by atoms with Crippen LogP contribution in [0.1, 0.15) is 10.4 Å². The average molecular weight is 279 g/mol. The minimum Gasteiger partial charge on any atom is -0.478 e. The van der Waals surface area contributed by atoms with Crippen molar-refractivity contribution in [2.75, 3.05) is 0 Å². The Morgan fingerprint density at radius 2 is 1.70 bits per heavy atom. The van der Waals surface area contributed by atoms with Gasteiger partial charge in [0.2, 0.25) is 0 Å². The smallest absolute Gasteiger partial charge is 0.335 e. The van der Waals surface area contributed by atoms with E-state index < -0.39 is 28.2 Å². The molecule has 5 nitrogen and oxygen atoms in total. The van der Waals surface area contributed by atoms with Crippen LogP contribution in [0.4, 0.5) is 14.5 Å². The van der Waals surface area contributed by atoms with Gasteiger partial charge in [-0.25, -0.2) is 13.6 Å². The third kappa shape index (κ3) is 2.61. The van der Waals surface area contributed by atoms with Gasteiger partial charge in [-0.05, 0) is 29.8 Å². The minimum absolute atomic E-state index is 0.0360. The lowest BCUT2D eigenvalue weighted by Gasteiger charge is -2.05. The fourth-order valence-electron chi connectivity index (χ4n) is 1.77. The van der Waals surface area contributed by atoms with Gasteiger partial charge in [-0.15, -0.1) is 0 Å². The molecule has 0 saturated heterocycles. The summed E-state index contributed by atoms with van der Waals surface area (Å²) in [4.78, 5) is 21.0. The Labute approximate surface area is 111 Å². The number of carboxylic acid groups (broad SMARTS) is 1. The van der Waals surface area contributed by atoms with Crippen LogP contribution in [0.3, 0.4) is 0 Å². The fourth-order valence-corrected chi connectivity index (χ4v) is 1.77. The van der Waals surface area contributed by atoms with Crippen molar-refractivity contribution in [1.29, 1.82) is 0 Å². The van der Waals surface area contributed by atoms with E-state index in [1.165, 1.54) is 0 Å². The number of carboxylic acids is 1. The van der Waals surface area contributed by atoms with Crippen LogP contribution in [0.15, 0.2) is 36.4 Å². The first-order valence-corrected chi connectivity index (χ1v) is 5.36. The number of nitro groups is 1. The number of carbonyl (C=O) groups is 1. The molecule has 0 saturated carbocycles. The third-order valence-corrected chi connectivity index (χ3v) is 2.61. The molecule has 20 heavy (non-hydrogen) atoms. The Balaban J connectivity index is 2.67. The van der Waals surface area contributed by atoms with Crippen molar-refractivity contribution in [3.05, 3.63) is 63.7 Å². The van der Waals surface area contributed by atoms with Gasteiger partial charge in [0.1, 0.15) is 11.6 Å². The summed E-state index contributed by atoms with van der Waals surface area (Å²) in [6.07, 6.45) is 0. The van der Waals surface area contributed by atoms with Gasteiger partial charge in [0.15, 0.2) is 0 Å². The molecule has 0 aliphatic carbocycles. The number of nitrogens with zero attached hydrogens (tertiary/aromatic N) is 1. The molecule has 2 rings (SSSR count). The van der Waals surface area contributed by atoms with Crippen molar-refractivity contribution >= 4 is 11.7 Å². The molecular formula is C13H7F2NO4. The molecule has 0 unspecified atom stereocenters. The summed E-state index contributed by atoms with van der Waals surface area (Å²) >= 11 is 0. The van der Waals surface area contributed by atoms with Gasteiger partial charge in [0, 0.05) is 12.1 Å². The van der Waals surface area contributed by atoms with Crippen LogP contribution in [0.2, 0.25) is 0 Å². The third-order valence-electron chi connectivity index (χ3n) is 2.61. The Kier molecular flexibility index (Phi) is 3.43. The summed E-state index contributed by atoms with van der Waals surface area (Å²) in [6.45, 7) is 0. The van der Waals surface area contributed by atoms with E-state index in [0.29, 0.717) is 6.07 Å². The highest BCUT2D eigenvalue weighted by molar-refractivity contribution is 5.90. The predicted molar refractivity (Wildman–Crippen MR) is 65.4 cm³/mol. The van der Waals surface area contributed by atoms with Crippen molar-refractivity contribution < 1.29 is 23.6 Å². The molecule has 0 radical (unpaired) electrons. The highest BCUT2D eigenvalue weighted by atomic mass is 19.1. The van der Waals surface area contributed by atoms with E-state index in [9.17, 15) is 23.7 Å². The van der Waals surface area contributed by atoms with E-state index in [2.05, 4.69) is 0 Å². The van der Waals surface area contributed by atoms with Crippen molar-refractivity contribution in [3.63, 3.8) is 0 Å². The van der Waals surface area contributed by atoms with E-state index >= 15 is 0 Å². The number of benzene rings is 2. The minimum atomic E-state index is -1.33. The molecule has 0 spiro atoms. The average Bonchev–Trinajstić information content (AvgIpc) is 2.36. The lowest BCUT2D eigenvalue weighted by atomic mass is 10.0. The highest BCUT2D eigenvalue weighted by Gasteiger charge is 2.19. The molecule has 0 aliphatic rings. The summed E-state index contributed by atoms with van der Waals surface area (Å²) in [5.41, 5.74) is -0.906. The largest absolute Gasteiger partial charge is 0.478 e. The van der Waals surface area contributed by atoms with Crippen molar-refractivity contribution in [2.24, 2.45) is 0 Å². The molecule has 0 aliphatic heterocycles. The van der Waals surface area contributed by atoms with Gasteiger partial charge in [-0.1, -0.05) is 0 Å². The number of hydrogen-bond donors (Lipinski definition) is 1. The zero-order chi connectivity index (χ0) is 14.9. The van der Waals surface area contributed by atoms with Crippen LogP contribution < -0.4 is 0 Å². The molecule has 0 bridgehead atoms. The Morgan fingerprint density at radius 3 is 2.20 bits per heavy atom. The van der Waals surface area contributed by atoms with Crippen LogP contribution in [-0.2, 0) is 0 Å². The van der Waals surface area contributed by atoms with Gasteiger partial charge in [0.05, 0.1) is 16.1 Å². The summed E-state index contributed by atoms with van der Waals surface area (Å²) in [6, 6.07) is 5.64. The van der Waals surface area contributed by atoms with Crippen LogP contribution in [0.25, 0.3) is 11.1 Å². The summed E-state index contributed by atoms with van der Waals surface area (Å²) < 4.78 is 26.3. The summed E-state index contributed by atoms with van der Waals surface area (Å²) in [7, 11) is 0. The standard InChI is InChI=1S/C13H7F2NO4/c14-9-3-8(4-10(15)6-9)11-2-1-7(13(17)18)5-12(11)16(19)20/h1-6H,(H,17,18). The summed E-state index contributed by atoms with van der Waals surface area (Å²) in [5, 5.41) is 19.8. The normalized spacial score (nSPS) is 10.3. The first kappa shape index (κ1) is 13.6. The van der Waals surface area contributed by atoms with Crippen LogP contribution in [0.5, 0.6) is 0 Å². The quantitative estimate of drug-likeness (QED) is 0.690. The predicted octanol–water partition coefficient (Wildman–Crippen LogP) is 3.24. The number of halogens is 2. The highest BCUT2D eigenvalue weighted by Crippen LogP contribution is 2.31. The van der Waals surface area contributed by atoms with Crippen LogP contribution in [0, 0.1) is 21.7 Å². The number of nitro benzene ring substituents is 1. The number of aromatic carboxylic acids is 1. The Morgan fingerprint density at radius 1 is 1.10 bits per heavy atom. The fraction of sp³-hybridized carbons (Fsp3) is 0. The zero-order valence-corrected chi connectivity index (χ0v) is 9.84. The van der Waals surface area contributed by atoms with Gasteiger partial charge in [-0.3, -0.25) is 10.1 Å². The Hall–Kier alpha value is -2.83. The first-order chi connectivity index (χ1) is 9.38. The molecule has 7 heteroatoms. The van der Waals surface area contributed by atoms with E-state index in [-0.39, 0.29) is 16.7 Å². The molecule has 2 aromatic carbocycles. The van der Waals surface area contributed by atoms with Gasteiger partial charge < -0.3 is 5.11 Å². The molecule has 0 aromatic heterocycles. The second kappa shape index (κ2) is 5.04. The maximum atomic E-state index is 13.2. The molecular weight excluding hydrogens is 272 g/mol. The van der Waals surface area contributed by atoms with Gasteiger partial charge >= 0.3 is 5.97 Å². The maximum absolute atomic E-state index is 13.2. The van der Waals surface area contributed by atoms with E-state index in [4.69, 9.17) is 5.11 Å². The molecule has 102 valence electrons. The lowest BCUT2D eigenvalue weighted by Crippen LogP contribution is -2.00. The molecule has 0 fully saturated rings. The van der Waals surface area contributed by atoms with E-state index in [0.717, 1.165) is 30.3 Å². The van der Waals surface area contributed by atoms with Gasteiger partial charge in [-0.2, -0.15) is 0 Å². The second-order valence-corrected chi connectivity index (χ2v) is 3.95. The van der Waals surface area contributed by atoms with Crippen LogP contribution >= 0.6 is 0 Å². The zero-order valence-electron chi connectivity index (χ0n) is 9.84. The number of rotatable bonds is 3. The molecule has 0 atom stereocenters. The first-order valence-electron chi connectivity index (χ1n) is 5.36. The number of hydrogen-bond acceptors (Lipinski definition) is 3. The monoisotopic (exact) mass is 279 g/mol. The van der Waals surface area contributed by atoms with E-state index in [1.54, 1.807) is 0 Å². The molecule has 0 heterocycles. The Bertz CT molecular complexity index is 695. The molecule has 1 N–H and O–H groups in total. The summed E-state index contributed by atoms with van der Waals surface area (Å²) in [5.74, 6) is -3.08. The van der Waals surface area contributed by atoms with Crippen LogP contribution in [-0.4, -0.2) is 16.0 Å². The van der Waals surface area contributed by atoms with Crippen molar-refractivity contribution in [2.45, 2.75) is 0 Å². The maximum Gasteiger partial charge on any atom is 0.335 e. The second-order valence-electron chi connectivity index (χ2n) is 3.95. The lowest BCUT2D eigenvalue weighted by molar-refractivity contribution is -0.384. The van der Waals surface area contributed by atoms with Crippen molar-refractivity contribution in [3.8, 4) is 11.1 Å². The van der Waals surface area contributed by atoms with Crippen molar-refractivity contribution in [1.82, 2.24) is 0 Å². The topological polar surface area (TPSA) is 80.4 Å².